The maximum absolute atomic E-state index is 12.9. The molecule has 12 heterocycles. The standard InChI is InChI=1S/C23H22N4O2.C20H20N2O3.C19H16F3N3O2.C19H19N3O2.C18H14N2O2S/c1-25-11-13-26(14-12-25)19-8-7-17-15-20(23(28)29-22(17)16-19)21-9-10-27(24-21)18-5-3-2-4-6-18;1-24-17-4-2-3-14(11-17)18-12-15-5-6-16(13-19(15)25-20(18)23)22-9-7-21-8-10-22;20-19(21,22)13-3-4-24-16(10-13)15-9-12-1-2-14(11-17(12)27-18(15)26)25-7-5-23-6-8-25;23-19-17(21-15-4-2-1-3-5-15)12-14-6-7-16(13-18(14)24-19)22-10-8-20-9-11-22;1-19-10-11-6-7-12-9-13(18(21)22-15(12)8-11)17-20-14-4-2-3-5-16(14)23-17/h2-10,15-16H,11-14H2,1H3;2-6,11-13,21H,7-10H2,1H3;1-4,9-11,23H,5-8H2;1-7,12-13,20-21H,8-11H2;2-9,19H,10H2,1H3. The molecule has 0 atom stereocenters. The quantitative estimate of drug-likeness (QED) is 0.0633. The first kappa shape index (κ1) is 85.8. The monoisotopic (exact) mass is 1740 g/mol. The fourth-order valence-corrected chi connectivity index (χ4v) is 16.7. The van der Waals surface area contributed by atoms with Crippen LogP contribution in [0.5, 0.6) is 5.75 Å². The van der Waals surface area contributed by atoms with Gasteiger partial charge < -0.3 is 77.9 Å². The Balaban J connectivity index is 0.000000113. The number of likely N-dealkylation sites (N-methyl/N-ethyl adjacent to an activating group) is 1. The summed E-state index contributed by atoms with van der Waals surface area (Å²) >= 11 is 1.50. The predicted molar refractivity (Wildman–Crippen MR) is 501 cm³/mol. The van der Waals surface area contributed by atoms with Gasteiger partial charge in [-0.25, -0.2) is 33.6 Å². The number of halogens is 3. The number of thiazole rings is 1. The van der Waals surface area contributed by atoms with Crippen molar-refractivity contribution in [1.82, 2.24) is 45.9 Å². The number of piperazine rings is 4. The van der Waals surface area contributed by atoms with Gasteiger partial charge in [0.05, 0.1) is 56.5 Å². The van der Waals surface area contributed by atoms with Crippen molar-refractivity contribution in [3.8, 4) is 55.6 Å². The van der Waals surface area contributed by atoms with Crippen LogP contribution >= 0.6 is 11.3 Å². The molecule has 650 valence electrons. The Morgan fingerprint density at radius 1 is 0.438 bits per heavy atom. The van der Waals surface area contributed by atoms with Crippen molar-refractivity contribution in [2.24, 2.45) is 0 Å². The van der Waals surface area contributed by atoms with Crippen molar-refractivity contribution >= 4 is 111 Å². The number of pyridine rings is 1. The van der Waals surface area contributed by atoms with E-state index in [1.165, 1.54) is 17.4 Å². The van der Waals surface area contributed by atoms with Crippen LogP contribution in [-0.2, 0) is 12.7 Å². The molecule has 8 aromatic heterocycles. The van der Waals surface area contributed by atoms with E-state index in [1.807, 2.05) is 213 Å². The zero-order valence-corrected chi connectivity index (χ0v) is 71.2. The van der Waals surface area contributed by atoms with Crippen molar-refractivity contribution in [2.75, 3.05) is 151 Å². The second-order valence-corrected chi connectivity index (χ2v) is 32.2. The van der Waals surface area contributed by atoms with Gasteiger partial charge in [-0.3, -0.25) is 4.98 Å². The summed E-state index contributed by atoms with van der Waals surface area (Å²) in [5, 5.41) is 25.7. The Bertz CT molecular complexity index is 7110. The molecule has 0 amide bonds. The molecule has 25 nitrogen and oxygen atoms in total. The summed E-state index contributed by atoms with van der Waals surface area (Å²) in [7, 11) is 5.63. The lowest BCUT2D eigenvalue weighted by Gasteiger charge is -2.34. The minimum absolute atomic E-state index is 0.00326. The third-order valence-electron chi connectivity index (χ3n) is 22.6. The maximum atomic E-state index is 12.9. The van der Waals surface area contributed by atoms with Crippen LogP contribution in [0, 0.1) is 0 Å². The Morgan fingerprint density at radius 3 is 1.45 bits per heavy atom. The second kappa shape index (κ2) is 39.1. The van der Waals surface area contributed by atoms with Gasteiger partial charge in [-0.05, 0) is 177 Å². The topological polar surface area (TPSA) is 280 Å². The van der Waals surface area contributed by atoms with Gasteiger partial charge >= 0.3 is 34.3 Å². The second-order valence-electron chi connectivity index (χ2n) is 31.1. The maximum Gasteiger partial charge on any atom is 0.416 e. The van der Waals surface area contributed by atoms with E-state index in [-0.39, 0.29) is 33.8 Å². The fourth-order valence-electron chi connectivity index (χ4n) is 15.7. The zero-order valence-electron chi connectivity index (χ0n) is 70.4. The van der Waals surface area contributed by atoms with Crippen LogP contribution in [0.1, 0.15) is 11.1 Å². The van der Waals surface area contributed by atoms with E-state index >= 15 is 0 Å². The summed E-state index contributed by atoms with van der Waals surface area (Å²) in [4.78, 5) is 82.0. The van der Waals surface area contributed by atoms with Crippen molar-refractivity contribution in [3.05, 3.63) is 324 Å². The molecule has 9 aromatic carbocycles. The first-order valence-electron chi connectivity index (χ1n) is 42.2. The Hall–Kier alpha value is -14.3. The molecule has 128 heavy (non-hydrogen) atoms. The van der Waals surface area contributed by atoms with Gasteiger partial charge in [-0.1, -0.05) is 72.8 Å². The van der Waals surface area contributed by atoms with Crippen molar-refractivity contribution in [1.29, 1.82) is 0 Å². The summed E-state index contributed by atoms with van der Waals surface area (Å²) in [6, 6.07) is 76.8. The van der Waals surface area contributed by atoms with E-state index in [1.54, 1.807) is 23.9 Å². The van der Waals surface area contributed by atoms with E-state index in [2.05, 4.69) is 91.4 Å². The van der Waals surface area contributed by atoms with Gasteiger partial charge in [0.25, 0.3) is 0 Å². The average Bonchev–Trinajstić information content (AvgIpc) is 1.77. The van der Waals surface area contributed by atoms with Gasteiger partial charge in [0.2, 0.25) is 0 Å². The minimum atomic E-state index is -4.51. The number of alkyl halides is 3. The molecule has 4 fully saturated rings. The number of hydrogen-bond acceptors (Lipinski definition) is 25. The lowest BCUT2D eigenvalue weighted by atomic mass is 10.1. The summed E-state index contributed by atoms with van der Waals surface area (Å²) in [6.07, 6.45) is -1.62. The van der Waals surface area contributed by atoms with Crippen molar-refractivity contribution < 1.29 is 40.0 Å². The largest absolute Gasteiger partial charge is 0.497 e. The van der Waals surface area contributed by atoms with Gasteiger partial charge in [-0.2, -0.15) is 18.3 Å². The molecule has 4 saturated heterocycles. The predicted octanol–water partition coefficient (Wildman–Crippen LogP) is 16.3. The number of para-hydroxylation sites is 3. The molecule has 17 aromatic rings. The number of methoxy groups -OCH3 is 1. The number of fused-ring (bicyclic) bond motifs is 6. The molecule has 21 rings (SSSR count). The van der Waals surface area contributed by atoms with E-state index in [4.69, 9.17) is 26.8 Å². The molecular weight excluding hydrogens is 1650 g/mol. The average molecular weight is 1740 g/mol. The third-order valence-corrected chi connectivity index (χ3v) is 23.7. The summed E-state index contributed by atoms with van der Waals surface area (Å²) < 4.78 is 74.5. The molecular formula is C99H91F3N14O11S. The van der Waals surface area contributed by atoms with Crippen LogP contribution in [0.4, 0.5) is 47.3 Å². The SMILES string of the molecule is CN1CCN(c2ccc3cc(-c4ccn(-c5ccccc5)n4)c(=O)oc3c2)CC1.CNCc1ccc2cc(-c3nc4ccccc4s3)c(=O)oc2c1.COc1cccc(-c2cc3ccc(N4CCNCC4)cc3oc2=O)c1.O=c1oc2cc(N3CCNCC3)ccc2cc1-c1cc(C(F)(F)F)ccn1.O=c1oc2cc(N3CCNCC3)ccc2cc1Nc1ccccc1. The number of nitrogens with zero attached hydrogens (tertiary/aromatic N) is 9. The number of rotatable bonds is 14. The fraction of sp³-hybridized carbons (Fsp3) is 0.212. The van der Waals surface area contributed by atoms with E-state index in [0.29, 0.717) is 72.1 Å². The number of anilines is 6. The molecule has 0 unspecified atom stereocenters. The number of benzene rings is 9. The summed E-state index contributed by atoms with van der Waals surface area (Å²) in [6.45, 7) is 15.9. The molecule has 0 spiro atoms. The molecule has 0 bridgehead atoms. The van der Waals surface area contributed by atoms with Gasteiger partial charge in [-0.15, -0.1) is 11.3 Å². The molecule has 29 heteroatoms. The molecule has 5 N–H and O–H groups in total. The van der Waals surface area contributed by atoms with Crippen molar-refractivity contribution in [2.45, 2.75) is 12.7 Å². The number of hydrogen-bond donors (Lipinski definition) is 5. The first-order chi connectivity index (χ1) is 62.4. The summed E-state index contributed by atoms with van der Waals surface area (Å²) in [5.41, 5.74) is 11.2. The number of aromatic nitrogens is 4. The molecule has 0 aliphatic carbocycles. The van der Waals surface area contributed by atoms with Crippen LogP contribution < -0.4 is 79.0 Å². The van der Waals surface area contributed by atoms with Gasteiger partial charge in [0.15, 0.2) is 0 Å². The van der Waals surface area contributed by atoms with E-state index < -0.39 is 17.4 Å². The van der Waals surface area contributed by atoms with Gasteiger partial charge in [0, 0.05) is 203 Å². The smallest absolute Gasteiger partial charge is 0.416 e. The first-order valence-corrected chi connectivity index (χ1v) is 43.0. The molecule has 4 aliphatic rings. The highest BCUT2D eigenvalue weighted by Gasteiger charge is 2.32. The highest BCUT2D eigenvalue weighted by atomic mass is 32.1. The normalized spacial score (nSPS) is 14.3. The van der Waals surface area contributed by atoms with E-state index in [9.17, 15) is 37.1 Å². The third kappa shape index (κ3) is 20.3. The number of ether oxygens (including phenoxy) is 1. The molecule has 0 saturated carbocycles. The lowest BCUT2D eigenvalue weighted by Crippen LogP contribution is -2.44. The lowest BCUT2D eigenvalue weighted by molar-refractivity contribution is -0.137. The van der Waals surface area contributed by atoms with Crippen LogP contribution in [0.25, 0.3) is 115 Å². The Morgan fingerprint density at radius 2 is 0.906 bits per heavy atom. The molecule has 4 aliphatic heterocycles. The highest BCUT2D eigenvalue weighted by molar-refractivity contribution is 7.21. The molecule has 0 radical (unpaired) electrons. The van der Waals surface area contributed by atoms with Crippen LogP contribution in [0.2, 0.25) is 0 Å². The highest BCUT2D eigenvalue weighted by Crippen LogP contribution is 2.36. The summed E-state index contributed by atoms with van der Waals surface area (Å²) in [5.74, 6) is 0.714. The van der Waals surface area contributed by atoms with Crippen LogP contribution in [-0.4, -0.2) is 151 Å². The van der Waals surface area contributed by atoms with Crippen LogP contribution in [0.15, 0.2) is 307 Å². The van der Waals surface area contributed by atoms with Gasteiger partial charge in [0.1, 0.15) is 50.1 Å². The van der Waals surface area contributed by atoms with Crippen molar-refractivity contribution in [3.63, 3.8) is 0 Å². The minimum Gasteiger partial charge on any atom is -0.497 e. The Kier molecular flexibility index (Phi) is 26.2. The van der Waals surface area contributed by atoms with Crippen LogP contribution in [0.3, 0.4) is 0 Å². The van der Waals surface area contributed by atoms with E-state index in [0.717, 1.165) is 207 Å². The zero-order chi connectivity index (χ0) is 88.2. The Labute approximate surface area is 735 Å². The number of nitrogens with one attached hydrogen (secondary N) is 5.